The number of carbonyl (C=O) groups is 3. The largest absolute Gasteiger partial charge is 0.449 e. The van der Waals surface area contributed by atoms with Gasteiger partial charge >= 0.3 is 6.09 Å². The van der Waals surface area contributed by atoms with Crippen LogP contribution in [0.4, 0.5) is 16.6 Å². The van der Waals surface area contributed by atoms with Gasteiger partial charge in [-0.1, -0.05) is 37.1 Å². The summed E-state index contributed by atoms with van der Waals surface area (Å²) in [6, 6.07) is 5.52. The molecule has 0 spiro atoms. The molecule has 2 saturated heterocycles. The molecule has 3 amide bonds. The zero-order chi connectivity index (χ0) is 31.8. The number of fused-ring (bicyclic) bond motifs is 3. The van der Waals surface area contributed by atoms with Crippen molar-refractivity contribution >= 4 is 40.7 Å². The molecule has 12 nitrogen and oxygen atoms in total. The third kappa shape index (κ3) is 5.83. The van der Waals surface area contributed by atoms with Crippen LogP contribution in [-0.2, 0) is 4.74 Å². The van der Waals surface area contributed by atoms with E-state index in [1.807, 2.05) is 23.1 Å². The number of aromatic nitrogens is 4. The second kappa shape index (κ2) is 12.6. The van der Waals surface area contributed by atoms with Crippen molar-refractivity contribution in [1.29, 1.82) is 0 Å². The highest BCUT2D eigenvalue weighted by atomic mass is 16.6. The summed E-state index contributed by atoms with van der Waals surface area (Å²) < 4.78 is 7.69. The Morgan fingerprint density at radius 2 is 1.76 bits per heavy atom. The van der Waals surface area contributed by atoms with E-state index in [1.54, 1.807) is 48.4 Å². The number of amides is 3. The third-order valence-corrected chi connectivity index (χ3v) is 9.61. The molecule has 12 heteroatoms. The summed E-state index contributed by atoms with van der Waals surface area (Å²) in [6.45, 7) is 1.31. The van der Waals surface area contributed by atoms with Crippen LogP contribution in [0.25, 0.3) is 11.0 Å². The van der Waals surface area contributed by atoms with Gasteiger partial charge in [0.2, 0.25) is 5.95 Å². The summed E-state index contributed by atoms with van der Waals surface area (Å²) in [5.41, 5.74) is 1.84. The molecule has 1 saturated carbocycles. The van der Waals surface area contributed by atoms with Gasteiger partial charge in [0.25, 0.3) is 11.8 Å². The number of pyridine rings is 1. The summed E-state index contributed by atoms with van der Waals surface area (Å²) in [6.07, 6.45) is 18.0. The van der Waals surface area contributed by atoms with E-state index in [1.165, 1.54) is 0 Å². The first-order chi connectivity index (χ1) is 22.4. The Morgan fingerprint density at radius 3 is 2.43 bits per heavy atom. The summed E-state index contributed by atoms with van der Waals surface area (Å²) in [4.78, 5) is 58.5. The summed E-state index contributed by atoms with van der Waals surface area (Å²) >= 11 is 0. The molecule has 3 aromatic rings. The van der Waals surface area contributed by atoms with Crippen molar-refractivity contribution in [3.8, 4) is 0 Å². The van der Waals surface area contributed by atoms with Crippen LogP contribution in [-0.4, -0.2) is 98.0 Å². The predicted molar refractivity (Wildman–Crippen MR) is 173 cm³/mol. The van der Waals surface area contributed by atoms with E-state index < -0.39 is 0 Å². The Balaban J connectivity index is 1.01. The third-order valence-electron chi connectivity index (χ3n) is 9.61. The van der Waals surface area contributed by atoms with Crippen molar-refractivity contribution < 1.29 is 19.1 Å². The lowest BCUT2D eigenvalue weighted by Crippen LogP contribution is -2.57. The van der Waals surface area contributed by atoms with Crippen molar-refractivity contribution in [2.24, 2.45) is 5.92 Å². The molecule has 3 unspecified atom stereocenters. The van der Waals surface area contributed by atoms with E-state index >= 15 is 0 Å². The van der Waals surface area contributed by atoms with Crippen LogP contribution in [0, 0.1) is 5.92 Å². The average molecular weight is 625 g/mol. The summed E-state index contributed by atoms with van der Waals surface area (Å²) in [5.74, 6) is 0.962. The Bertz CT molecular complexity index is 1680. The van der Waals surface area contributed by atoms with Gasteiger partial charge in [-0.2, -0.15) is 4.98 Å². The number of carbonyl (C=O) groups excluding carboxylic acids is 3. The van der Waals surface area contributed by atoms with Crippen molar-refractivity contribution in [2.75, 3.05) is 39.1 Å². The van der Waals surface area contributed by atoms with Gasteiger partial charge in [0.1, 0.15) is 17.2 Å². The number of piperazine rings is 1. The minimum atomic E-state index is -0.305. The van der Waals surface area contributed by atoms with E-state index in [9.17, 15) is 14.4 Å². The highest BCUT2D eigenvalue weighted by Crippen LogP contribution is 2.35. The lowest BCUT2D eigenvalue weighted by molar-refractivity contribution is 0.0330. The number of nitrogens with zero attached hydrogens (tertiary/aromatic N) is 7. The number of likely N-dealkylation sites (tertiary alicyclic amines) is 1. The van der Waals surface area contributed by atoms with Gasteiger partial charge in [0.15, 0.2) is 0 Å². The maximum Gasteiger partial charge on any atom is 0.409 e. The van der Waals surface area contributed by atoms with Crippen LogP contribution in [0.3, 0.4) is 0 Å². The number of anilines is 2. The molecule has 2 aliphatic carbocycles. The quantitative estimate of drug-likeness (QED) is 0.392. The standard InChI is InChI=1S/C34H40N8O4/c1-39(2)32(44)28-16-24-18-36-33(38-30(24)42(28)25-10-6-7-11-25)37-29-15-12-23(17-35-29)31(43)41-26-13-14-27(41)20-40(19-26)34(45)46-21-22-8-4-3-5-9-22/h3-5,8,12,15-18,22,25-27H,6-7,9-11,13-14,19-21H2,1-2H3,(H,35,36,37,38). The van der Waals surface area contributed by atoms with Gasteiger partial charge in [0.05, 0.1) is 24.3 Å². The maximum absolute atomic E-state index is 13.6. The fourth-order valence-corrected chi connectivity index (χ4v) is 7.26. The predicted octanol–water partition coefficient (Wildman–Crippen LogP) is 4.94. The molecule has 5 heterocycles. The van der Waals surface area contributed by atoms with Gasteiger partial charge in [-0.15, -0.1) is 0 Å². The van der Waals surface area contributed by atoms with E-state index in [0.717, 1.165) is 56.0 Å². The fraction of sp³-hybridized carbons (Fsp3) is 0.471. The molecule has 1 N–H and O–H groups in total. The lowest BCUT2D eigenvalue weighted by Gasteiger charge is -2.40. The molecule has 3 aromatic heterocycles. The Hall–Kier alpha value is -4.74. The number of rotatable bonds is 7. The molecule has 0 radical (unpaired) electrons. The minimum absolute atomic E-state index is 0.0467. The second-order valence-electron chi connectivity index (χ2n) is 13.0. The highest BCUT2D eigenvalue weighted by Gasteiger charge is 2.44. The Morgan fingerprint density at radius 1 is 0.978 bits per heavy atom. The number of nitrogens with one attached hydrogen (secondary N) is 1. The van der Waals surface area contributed by atoms with Crippen LogP contribution in [0.1, 0.15) is 71.8 Å². The van der Waals surface area contributed by atoms with Gasteiger partial charge in [-0.25, -0.2) is 14.8 Å². The molecule has 46 heavy (non-hydrogen) atoms. The minimum Gasteiger partial charge on any atom is -0.449 e. The molecule has 0 aromatic carbocycles. The van der Waals surface area contributed by atoms with Crippen LogP contribution in [0.15, 0.2) is 54.9 Å². The topological polar surface area (TPSA) is 126 Å². The number of allylic oxidation sites excluding steroid dienone is 3. The SMILES string of the molecule is CN(C)C(=O)c1cc2cnc(Nc3ccc(C(=O)N4C5CCC4CN(C(=O)OCC4C=CC=CC4)C5)cn3)nc2n1C1CCCC1. The molecule has 240 valence electrons. The average Bonchev–Trinajstić information content (AvgIpc) is 3.79. The number of hydrogen-bond donors (Lipinski definition) is 1. The fourth-order valence-electron chi connectivity index (χ4n) is 7.26. The maximum atomic E-state index is 13.6. The highest BCUT2D eigenvalue weighted by molar-refractivity contribution is 5.98. The van der Waals surface area contributed by atoms with Gasteiger partial charge in [0, 0.05) is 56.9 Å². The van der Waals surface area contributed by atoms with Gasteiger partial charge < -0.3 is 29.3 Å². The number of hydrogen-bond acceptors (Lipinski definition) is 8. The van der Waals surface area contributed by atoms with Crippen LogP contribution in [0.2, 0.25) is 0 Å². The molecular weight excluding hydrogens is 584 g/mol. The molecule has 2 aliphatic heterocycles. The van der Waals surface area contributed by atoms with Crippen molar-refractivity contribution in [1.82, 2.24) is 34.2 Å². The number of ether oxygens (including phenoxy) is 1. The molecule has 2 bridgehead atoms. The van der Waals surface area contributed by atoms with Gasteiger partial charge in [-0.3, -0.25) is 9.59 Å². The molecule has 4 aliphatic rings. The van der Waals surface area contributed by atoms with Crippen molar-refractivity contribution in [2.45, 2.75) is 63.1 Å². The lowest BCUT2D eigenvalue weighted by atomic mass is 10.0. The zero-order valence-corrected chi connectivity index (χ0v) is 26.3. The first-order valence-electron chi connectivity index (χ1n) is 16.3. The van der Waals surface area contributed by atoms with Crippen molar-refractivity contribution in [3.63, 3.8) is 0 Å². The smallest absolute Gasteiger partial charge is 0.409 e. The zero-order valence-electron chi connectivity index (χ0n) is 26.3. The van der Waals surface area contributed by atoms with Gasteiger partial charge in [-0.05, 0) is 50.3 Å². The molecule has 3 atom stereocenters. The normalized spacial score (nSPS) is 22.4. The Kier molecular flexibility index (Phi) is 8.18. The molecule has 3 fully saturated rings. The Labute approximate surface area is 268 Å². The summed E-state index contributed by atoms with van der Waals surface area (Å²) in [5, 5.41) is 3.99. The molecule has 7 rings (SSSR count). The van der Waals surface area contributed by atoms with Crippen LogP contribution >= 0.6 is 0 Å². The van der Waals surface area contributed by atoms with E-state index in [2.05, 4.69) is 32.0 Å². The first-order valence-corrected chi connectivity index (χ1v) is 16.3. The van der Waals surface area contributed by atoms with E-state index in [-0.39, 0.29) is 42.0 Å². The summed E-state index contributed by atoms with van der Waals surface area (Å²) in [7, 11) is 3.52. The van der Waals surface area contributed by atoms with Crippen LogP contribution < -0.4 is 5.32 Å². The van der Waals surface area contributed by atoms with E-state index in [4.69, 9.17) is 9.72 Å². The van der Waals surface area contributed by atoms with E-state index in [0.29, 0.717) is 42.7 Å². The van der Waals surface area contributed by atoms with Crippen LogP contribution in [0.5, 0.6) is 0 Å². The first kappa shape index (κ1) is 29.9. The second-order valence-corrected chi connectivity index (χ2v) is 13.0. The monoisotopic (exact) mass is 624 g/mol. The molecular formula is C34H40N8O4. The van der Waals surface area contributed by atoms with Crippen molar-refractivity contribution in [3.05, 3.63) is 66.2 Å².